The van der Waals surface area contributed by atoms with E-state index < -0.39 is 19.8 Å². The summed E-state index contributed by atoms with van der Waals surface area (Å²) in [6.07, 6.45) is 0. The quantitative estimate of drug-likeness (QED) is 0.499. The highest BCUT2D eigenvalue weighted by Crippen LogP contribution is 2.36. The molecule has 0 aromatic heterocycles. The van der Waals surface area contributed by atoms with Gasteiger partial charge < -0.3 is 9.36 Å². The van der Waals surface area contributed by atoms with Gasteiger partial charge >= 0.3 is 13.8 Å². The molecule has 0 amide bonds. The standard InChI is InChI=1S/C6H14NO6P/c1-4-7(12-3)5(2)6(8)13-14(9,10)11/h5H,4H2,1-3H3,(H2,9,10,11)/t5-/m0/s1. The van der Waals surface area contributed by atoms with Gasteiger partial charge in [-0.05, 0) is 6.92 Å². The molecular weight excluding hydrogens is 213 g/mol. The fourth-order valence-electron chi connectivity index (χ4n) is 0.872. The van der Waals surface area contributed by atoms with E-state index in [1.807, 2.05) is 0 Å². The first-order chi connectivity index (χ1) is 6.31. The minimum absolute atomic E-state index is 0.397. The van der Waals surface area contributed by atoms with Crippen LogP contribution < -0.4 is 0 Å². The summed E-state index contributed by atoms with van der Waals surface area (Å²) < 4.78 is 14.2. The lowest BCUT2D eigenvalue weighted by atomic mass is 10.3. The zero-order chi connectivity index (χ0) is 11.4. The van der Waals surface area contributed by atoms with Crippen LogP contribution in [0.1, 0.15) is 13.8 Å². The first-order valence-corrected chi connectivity index (χ1v) is 5.44. The molecule has 0 aliphatic heterocycles. The van der Waals surface area contributed by atoms with Crippen LogP contribution in [0.15, 0.2) is 0 Å². The molecule has 14 heavy (non-hydrogen) atoms. The molecule has 0 aliphatic rings. The van der Waals surface area contributed by atoms with Crippen molar-refractivity contribution >= 4 is 13.8 Å². The van der Waals surface area contributed by atoms with Gasteiger partial charge in [-0.3, -0.25) is 9.79 Å². The maximum Gasteiger partial charge on any atom is 0.527 e. The Morgan fingerprint density at radius 2 is 2.07 bits per heavy atom. The van der Waals surface area contributed by atoms with Gasteiger partial charge in [0.05, 0.1) is 7.11 Å². The monoisotopic (exact) mass is 227 g/mol. The molecule has 2 N–H and O–H groups in total. The van der Waals surface area contributed by atoms with Crippen LogP contribution in [0.4, 0.5) is 0 Å². The van der Waals surface area contributed by atoms with Gasteiger partial charge in [0.2, 0.25) is 0 Å². The number of phosphoric ester groups is 1. The summed E-state index contributed by atoms with van der Waals surface area (Å²) in [5.41, 5.74) is 0. The molecule has 0 aromatic rings. The Balaban J connectivity index is 4.31. The molecule has 0 rings (SSSR count). The fraction of sp³-hybridized carbons (Fsp3) is 0.833. The minimum Gasteiger partial charge on any atom is -0.369 e. The lowest BCUT2D eigenvalue weighted by molar-refractivity contribution is -0.178. The van der Waals surface area contributed by atoms with Crippen LogP contribution in [0.3, 0.4) is 0 Å². The number of hydrogen-bond donors (Lipinski definition) is 2. The van der Waals surface area contributed by atoms with Crippen molar-refractivity contribution in [1.29, 1.82) is 0 Å². The van der Waals surface area contributed by atoms with Crippen LogP contribution in [0.5, 0.6) is 0 Å². The number of hydroxylamine groups is 2. The summed E-state index contributed by atoms with van der Waals surface area (Å²) in [4.78, 5) is 32.6. The second-order valence-electron chi connectivity index (χ2n) is 2.49. The largest absolute Gasteiger partial charge is 0.527 e. The molecule has 0 aromatic carbocycles. The predicted octanol–water partition coefficient (Wildman–Crippen LogP) is -0.106. The van der Waals surface area contributed by atoms with E-state index in [9.17, 15) is 9.36 Å². The van der Waals surface area contributed by atoms with Gasteiger partial charge in [0.25, 0.3) is 0 Å². The summed E-state index contributed by atoms with van der Waals surface area (Å²) in [6, 6.07) is -0.863. The van der Waals surface area contributed by atoms with E-state index in [4.69, 9.17) is 14.6 Å². The maximum atomic E-state index is 11.1. The molecule has 0 spiro atoms. The third-order valence-electron chi connectivity index (χ3n) is 1.53. The molecule has 0 bridgehead atoms. The minimum atomic E-state index is -4.77. The molecule has 0 radical (unpaired) electrons. The van der Waals surface area contributed by atoms with E-state index in [-0.39, 0.29) is 0 Å². The van der Waals surface area contributed by atoms with Gasteiger partial charge in [-0.1, -0.05) is 6.92 Å². The van der Waals surface area contributed by atoms with E-state index in [1.165, 1.54) is 19.1 Å². The number of phosphoric acid groups is 1. The second-order valence-corrected chi connectivity index (χ2v) is 3.66. The van der Waals surface area contributed by atoms with E-state index in [2.05, 4.69) is 4.52 Å². The average molecular weight is 227 g/mol. The van der Waals surface area contributed by atoms with Crippen LogP contribution in [-0.4, -0.2) is 40.5 Å². The first kappa shape index (κ1) is 13.5. The molecule has 84 valence electrons. The predicted molar refractivity (Wildman–Crippen MR) is 47.0 cm³/mol. The maximum absolute atomic E-state index is 11.1. The highest BCUT2D eigenvalue weighted by molar-refractivity contribution is 7.46. The van der Waals surface area contributed by atoms with Crippen molar-refractivity contribution < 1.29 is 28.5 Å². The highest BCUT2D eigenvalue weighted by Gasteiger charge is 2.28. The highest BCUT2D eigenvalue weighted by atomic mass is 31.2. The molecule has 0 unspecified atom stereocenters. The summed E-state index contributed by atoms with van der Waals surface area (Å²) >= 11 is 0. The number of carbonyl (C=O) groups is 1. The zero-order valence-electron chi connectivity index (χ0n) is 8.21. The summed E-state index contributed by atoms with van der Waals surface area (Å²) in [6.45, 7) is 3.55. The van der Waals surface area contributed by atoms with Crippen molar-refractivity contribution in [3.63, 3.8) is 0 Å². The topological polar surface area (TPSA) is 96.3 Å². The lowest BCUT2D eigenvalue weighted by Gasteiger charge is -2.23. The average Bonchev–Trinajstić information content (AvgIpc) is 2.03. The number of likely N-dealkylation sites (N-methyl/N-ethyl adjacent to an activating group) is 1. The number of nitrogens with zero attached hydrogens (tertiary/aromatic N) is 1. The van der Waals surface area contributed by atoms with Gasteiger partial charge in [0.1, 0.15) is 6.04 Å². The summed E-state index contributed by atoms with van der Waals surface area (Å²) in [7, 11) is -3.42. The van der Waals surface area contributed by atoms with Crippen molar-refractivity contribution in [1.82, 2.24) is 5.06 Å². The molecule has 0 heterocycles. The molecule has 0 saturated heterocycles. The number of hydrogen-bond acceptors (Lipinski definition) is 5. The molecular formula is C6H14NO6P. The smallest absolute Gasteiger partial charge is 0.369 e. The van der Waals surface area contributed by atoms with Crippen molar-refractivity contribution in [2.75, 3.05) is 13.7 Å². The fourth-order valence-corrected chi connectivity index (χ4v) is 1.26. The van der Waals surface area contributed by atoms with Gasteiger partial charge in [-0.2, -0.15) is 5.06 Å². The van der Waals surface area contributed by atoms with Gasteiger partial charge in [0.15, 0.2) is 0 Å². The first-order valence-electron chi connectivity index (χ1n) is 3.91. The van der Waals surface area contributed by atoms with Crippen molar-refractivity contribution in [2.24, 2.45) is 0 Å². The Kier molecular flexibility index (Phi) is 5.25. The summed E-state index contributed by atoms with van der Waals surface area (Å²) in [5.74, 6) is -1.03. The van der Waals surface area contributed by atoms with Crippen molar-refractivity contribution in [3.05, 3.63) is 0 Å². The molecule has 0 fully saturated rings. The van der Waals surface area contributed by atoms with E-state index in [0.717, 1.165) is 0 Å². The van der Waals surface area contributed by atoms with Crippen LogP contribution in [0.2, 0.25) is 0 Å². The Labute approximate surface area is 81.8 Å². The van der Waals surface area contributed by atoms with Crippen molar-refractivity contribution in [2.45, 2.75) is 19.9 Å². The Hall–Kier alpha value is -0.460. The van der Waals surface area contributed by atoms with Gasteiger partial charge in [-0.25, -0.2) is 9.36 Å². The van der Waals surface area contributed by atoms with Crippen molar-refractivity contribution in [3.8, 4) is 0 Å². The number of carbonyl (C=O) groups excluding carboxylic acids is 1. The van der Waals surface area contributed by atoms with E-state index >= 15 is 0 Å². The lowest BCUT2D eigenvalue weighted by Crippen LogP contribution is -2.38. The Morgan fingerprint density at radius 3 is 2.36 bits per heavy atom. The van der Waals surface area contributed by atoms with Crippen LogP contribution in [0, 0.1) is 0 Å². The third-order valence-corrected chi connectivity index (χ3v) is 1.95. The third kappa shape index (κ3) is 4.69. The van der Waals surface area contributed by atoms with Gasteiger partial charge in [0, 0.05) is 6.54 Å². The van der Waals surface area contributed by atoms with Crippen LogP contribution in [0.25, 0.3) is 0 Å². The van der Waals surface area contributed by atoms with Crippen LogP contribution in [-0.2, 0) is 18.7 Å². The zero-order valence-corrected chi connectivity index (χ0v) is 9.10. The Bertz CT molecular complexity index is 234. The second kappa shape index (κ2) is 5.43. The Morgan fingerprint density at radius 1 is 1.57 bits per heavy atom. The molecule has 7 nitrogen and oxygen atoms in total. The molecule has 0 aliphatic carbocycles. The molecule has 1 atom stereocenters. The molecule has 0 saturated carbocycles. The summed E-state index contributed by atoms with van der Waals surface area (Å²) in [5, 5.41) is 1.23. The van der Waals surface area contributed by atoms with Crippen LogP contribution >= 0.6 is 7.82 Å². The van der Waals surface area contributed by atoms with Gasteiger partial charge in [-0.15, -0.1) is 0 Å². The molecule has 8 heteroatoms. The van der Waals surface area contributed by atoms with E-state index in [0.29, 0.717) is 6.54 Å². The SMILES string of the molecule is CCN(OC)[C@@H](C)C(=O)OP(=O)(O)O. The van der Waals surface area contributed by atoms with E-state index in [1.54, 1.807) is 6.92 Å². The normalized spacial score (nSPS) is 14.1. The number of rotatable bonds is 5.